The normalized spacial score (nSPS) is 14.1. The molecule has 0 bridgehead atoms. The molecule has 0 aromatic heterocycles. The van der Waals surface area contributed by atoms with E-state index >= 15 is 0 Å². The van der Waals surface area contributed by atoms with Crippen LogP contribution in [-0.4, -0.2) is 29.4 Å². The van der Waals surface area contributed by atoms with Gasteiger partial charge in [-0.3, -0.25) is 0 Å². The molecule has 0 radical (unpaired) electrons. The molecule has 0 aromatic carbocycles. The molecule has 146 valence electrons. The number of unbranched alkanes of at least 4 members (excludes halogenated alkanes) is 10. The van der Waals surface area contributed by atoms with Gasteiger partial charge in [0.05, 0.1) is 16.2 Å². The topological polar surface area (TPSA) is 77.4 Å². The van der Waals surface area contributed by atoms with Crippen molar-refractivity contribution in [3.05, 3.63) is 0 Å². The van der Waals surface area contributed by atoms with E-state index in [0.29, 0.717) is 6.42 Å². The molecule has 0 amide bonds. The van der Waals surface area contributed by atoms with Gasteiger partial charge in [-0.15, -0.1) is 0 Å². The molecule has 6 heteroatoms. The van der Waals surface area contributed by atoms with Crippen molar-refractivity contribution >= 4 is 10.1 Å². The Bertz CT molecular complexity index is 374. The molecule has 2 atom stereocenters. The molecule has 1 N–H and O–H groups in total. The van der Waals surface area contributed by atoms with E-state index in [9.17, 15) is 18.1 Å². The van der Waals surface area contributed by atoms with Crippen LogP contribution in [0.4, 0.5) is 0 Å². The van der Waals surface area contributed by atoms with E-state index in [1.165, 1.54) is 51.9 Å². The summed E-state index contributed by atoms with van der Waals surface area (Å²) in [7, 11) is -4.09. The van der Waals surface area contributed by atoms with Gasteiger partial charge < -0.3 is 9.66 Å². The summed E-state index contributed by atoms with van der Waals surface area (Å²) in [5, 5.41) is 9.09. The molecule has 0 aliphatic heterocycles. The summed E-state index contributed by atoms with van der Waals surface area (Å²) in [4.78, 5) is 0. The van der Waals surface area contributed by atoms with E-state index in [-0.39, 0.29) is 35.7 Å². The Balaban J connectivity index is 0. The van der Waals surface area contributed by atoms with E-state index in [1.54, 1.807) is 0 Å². The second-order valence-electron chi connectivity index (χ2n) is 7.21. The first kappa shape index (κ1) is 28.1. The van der Waals surface area contributed by atoms with Crippen LogP contribution in [0.1, 0.15) is 110 Å². The molecule has 0 fully saturated rings. The monoisotopic (exact) mass is 386 g/mol. The Kier molecular flexibility index (Phi) is 20.5. The van der Waals surface area contributed by atoms with Crippen LogP contribution >= 0.6 is 0 Å². The van der Waals surface area contributed by atoms with Crippen LogP contribution in [0.15, 0.2) is 0 Å². The number of aliphatic hydroxyl groups is 1. The van der Waals surface area contributed by atoms with Crippen LogP contribution < -0.4 is 29.6 Å². The predicted octanol–water partition coefficient (Wildman–Crippen LogP) is 2.16. The molecule has 2 unspecified atom stereocenters. The molecular formula is C19H39NaO4S. The molecule has 4 nitrogen and oxygen atoms in total. The van der Waals surface area contributed by atoms with E-state index < -0.39 is 15.4 Å². The maximum absolute atomic E-state index is 10.8. The van der Waals surface area contributed by atoms with E-state index in [1.807, 2.05) is 0 Å². The van der Waals surface area contributed by atoms with Gasteiger partial charge in [-0.25, -0.2) is 8.42 Å². The number of hydrogen-bond donors (Lipinski definition) is 1. The molecule has 0 saturated heterocycles. The molecule has 0 spiro atoms. The van der Waals surface area contributed by atoms with Crippen LogP contribution in [0.25, 0.3) is 0 Å². The van der Waals surface area contributed by atoms with Crippen LogP contribution in [0.3, 0.4) is 0 Å². The first-order valence-electron chi connectivity index (χ1n) is 10.0. The Morgan fingerprint density at radius 2 is 1.12 bits per heavy atom. The summed E-state index contributed by atoms with van der Waals surface area (Å²) in [6.07, 6.45) is 16.1. The number of hydrogen-bond acceptors (Lipinski definition) is 4. The van der Waals surface area contributed by atoms with Gasteiger partial charge in [0.15, 0.2) is 0 Å². The van der Waals surface area contributed by atoms with Gasteiger partial charge >= 0.3 is 29.6 Å². The Labute approximate surface area is 178 Å². The van der Waals surface area contributed by atoms with E-state index in [0.717, 1.165) is 44.9 Å². The standard InChI is InChI=1S/C19H40O4S.Na/c1-3-4-12-16-19(20)17-14-11-9-7-5-6-8-10-13-15-18(2)24(21,22)23;/h18-20H,3-17H2,1-2H3,(H,21,22,23);/q;+1/p-1. The fourth-order valence-electron chi connectivity index (χ4n) is 2.97. The minimum Gasteiger partial charge on any atom is -0.748 e. The maximum atomic E-state index is 10.8. The molecule has 0 rings (SSSR count). The van der Waals surface area contributed by atoms with Gasteiger partial charge in [-0.1, -0.05) is 84.0 Å². The molecular weight excluding hydrogens is 347 g/mol. The summed E-state index contributed by atoms with van der Waals surface area (Å²) >= 11 is 0. The molecule has 0 saturated carbocycles. The van der Waals surface area contributed by atoms with Gasteiger partial charge in [0, 0.05) is 5.25 Å². The molecule has 0 aliphatic rings. The van der Waals surface area contributed by atoms with E-state index in [2.05, 4.69) is 6.92 Å². The minimum absolute atomic E-state index is 0. The first-order valence-corrected chi connectivity index (χ1v) is 11.5. The van der Waals surface area contributed by atoms with Crippen molar-refractivity contribution in [1.82, 2.24) is 0 Å². The van der Waals surface area contributed by atoms with Gasteiger partial charge in [-0.05, 0) is 26.2 Å². The third kappa shape index (κ3) is 19.4. The molecule has 25 heavy (non-hydrogen) atoms. The largest absolute Gasteiger partial charge is 1.00 e. The average molecular weight is 387 g/mol. The summed E-state index contributed by atoms with van der Waals surface area (Å²) in [6.45, 7) is 3.69. The zero-order valence-electron chi connectivity index (χ0n) is 16.8. The Morgan fingerprint density at radius 3 is 1.52 bits per heavy atom. The second kappa shape index (κ2) is 18.2. The fourth-order valence-corrected chi connectivity index (χ4v) is 3.42. The van der Waals surface area contributed by atoms with Gasteiger partial charge in [0.1, 0.15) is 0 Å². The summed E-state index contributed by atoms with van der Waals surface area (Å²) < 4.78 is 32.3. The van der Waals surface area contributed by atoms with Crippen molar-refractivity contribution < 1.29 is 47.6 Å². The molecule has 0 aliphatic carbocycles. The van der Waals surface area contributed by atoms with Crippen molar-refractivity contribution in [1.29, 1.82) is 0 Å². The van der Waals surface area contributed by atoms with Gasteiger partial charge in [0.2, 0.25) is 0 Å². The van der Waals surface area contributed by atoms with Crippen molar-refractivity contribution in [2.75, 3.05) is 0 Å². The fraction of sp³-hybridized carbons (Fsp3) is 1.00. The summed E-state index contributed by atoms with van der Waals surface area (Å²) in [6, 6.07) is 0. The molecule has 0 heterocycles. The van der Waals surface area contributed by atoms with E-state index in [4.69, 9.17) is 0 Å². The smallest absolute Gasteiger partial charge is 0.748 e. The number of aliphatic hydroxyl groups excluding tert-OH is 1. The quantitative estimate of drug-likeness (QED) is 0.236. The maximum Gasteiger partial charge on any atom is 1.00 e. The van der Waals surface area contributed by atoms with Crippen molar-refractivity contribution in [3.63, 3.8) is 0 Å². The average Bonchev–Trinajstić information content (AvgIpc) is 2.51. The van der Waals surface area contributed by atoms with Gasteiger partial charge in [0.25, 0.3) is 0 Å². The van der Waals surface area contributed by atoms with Crippen molar-refractivity contribution in [3.8, 4) is 0 Å². The Hall–Kier alpha value is 0.870. The van der Waals surface area contributed by atoms with Gasteiger partial charge in [-0.2, -0.15) is 0 Å². The zero-order chi connectivity index (χ0) is 18.3. The second-order valence-corrected chi connectivity index (χ2v) is 9.00. The van der Waals surface area contributed by atoms with Crippen LogP contribution in [0, 0.1) is 0 Å². The van der Waals surface area contributed by atoms with Crippen molar-refractivity contribution in [2.45, 2.75) is 122 Å². The predicted molar refractivity (Wildman–Crippen MR) is 100 cm³/mol. The van der Waals surface area contributed by atoms with Crippen molar-refractivity contribution in [2.24, 2.45) is 0 Å². The molecule has 0 aromatic rings. The SMILES string of the molecule is CCCCCC(O)CCCCCCCCCCCC(C)S(=O)(=O)[O-].[Na+]. The summed E-state index contributed by atoms with van der Waals surface area (Å²) in [5.41, 5.74) is 0. The third-order valence-electron chi connectivity index (χ3n) is 4.78. The third-order valence-corrected chi connectivity index (χ3v) is 6.00. The number of rotatable bonds is 17. The summed E-state index contributed by atoms with van der Waals surface area (Å²) in [5.74, 6) is 0. The minimum atomic E-state index is -4.09. The first-order chi connectivity index (χ1) is 11.4. The Morgan fingerprint density at radius 1 is 0.760 bits per heavy atom. The van der Waals surface area contributed by atoms with Crippen LogP contribution in [0.2, 0.25) is 0 Å². The van der Waals surface area contributed by atoms with Crippen LogP contribution in [-0.2, 0) is 10.1 Å². The van der Waals surface area contributed by atoms with Crippen LogP contribution in [0.5, 0.6) is 0 Å². The zero-order valence-corrected chi connectivity index (χ0v) is 19.7.